The van der Waals surface area contributed by atoms with Crippen LogP contribution in [0.4, 0.5) is 0 Å². The first kappa shape index (κ1) is 20.5. The van der Waals surface area contributed by atoms with E-state index in [1.807, 2.05) is 14.0 Å². The van der Waals surface area contributed by atoms with Gasteiger partial charge in [-0.15, -0.1) is 0 Å². The van der Waals surface area contributed by atoms with E-state index in [2.05, 4.69) is 45.6 Å². The summed E-state index contributed by atoms with van der Waals surface area (Å²) in [6.45, 7) is 9.29. The molecule has 6 heteroatoms. The lowest BCUT2D eigenvalue weighted by molar-refractivity contribution is 0.141. The van der Waals surface area contributed by atoms with E-state index in [0.717, 1.165) is 43.5 Å². The molecule has 1 saturated heterocycles. The first-order valence-corrected chi connectivity index (χ1v) is 9.57. The Morgan fingerprint density at radius 2 is 2.19 bits per heavy atom. The number of aliphatic imine (C=N–C) groups is 1. The SMILES string of the molecule is CCOc1cc(C)ccc1CNC(=NC)NCC1CCCN1CCOC. The van der Waals surface area contributed by atoms with Gasteiger partial charge in [-0.3, -0.25) is 9.89 Å². The van der Waals surface area contributed by atoms with Crippen LogP contribution in [0.5, 0.6) is 5.75 Å². The maximum atomic E-state index is 5.76. The molecule has 0 amide bonds. The van der Waals surface area contributed by atoms with Crippen LogP contribution >= 0.6 is 0 Å². The third kappa shape index (κ3) is 6.18. The largest absolute Gasteiger partial charge is 0.494 e. The first-order valence-electron chi connectivity index (χ1n) is 9.57. The molecule has 6 nitrogen and oxygen atoms in total. The van der Waals surface area contributed by atoms with Gasteiger partial charge in [0, 0.05) is 45.4 Å². The minimum absolute atomic E-state index is 0.544. The molecular formula is C20H34N4O2. The van der Waals surface area contributed by atoms with Crippen molar-refractivity contribution < 1.29 is 9.47 Å². The number of ether oxygens (including phenoxy) is 2. The number of aryl methyl sites for hydroxylation is 1. The second-order valence-electron chi connectivity index (χ2n) is 6.68. The number of guanidine groups is 1. The van der Waals surface area contributed by atoms with Crippen LogP contribution in [0.1, 0.15) is 30.9 Å². The Morgan fingerprint density at radius 1 is 1.35 bits per heavy atom. The highest BCUT2D eigenvalue weighted by Crippen LogP contribution is 2.20. The van der Waals surface area contributed by atoms with Crippen molar-refractivity contribution >= 4 is 5.96 Å². The molecule has 0 aliphatic carbocycles. The number of benzene rings is 1. The van der Waals surface area contributed by atoms with Crippen molar-refractivity contribution in [1.29, 1.82) is 0 Å². The molecule has 1 heterocycles. The fourth-order valence-electron chi connectivity index (χ4n) is 3.34. The number of nitrogens with one attached hydrogen (secondary N) is 2. The molecule has 0 bridgehead atoms. The zero-order valence-electron chi connectivity index (χ0n) is 16.7. The van der Waals surface area contributed by atoms with E-state index in [-0.39, 0.29) is 0 Å². The van der Waals surface area contributed by atoms with Crippen molar-refractivity contribution in [1.82, 2.24) is 15.5 Å². The van der Waals surface area contributed by atoms with Crippen molar-refractivity contribution in [2.75, 3.05) is 47.0 Å². The van der Waals surface area contributed by atoms with Crippen LogP contribution in [-0.4, -0.2) is 63.9 Å². The first-order chi connectivity index (χ1) is 12.7. The molecule has 1 aromatic carbocycles. The summed E-state index contributed by atoms with van der Waals surface area (Å²) in [5, 5.41) is 6.87. The molecule has 146 valence electrons. The number of likely N-dealkylation sites (tertiary alicyclic amines) is 1. The Balaban J connectivity index is 1.84. The van der Waals surface area contributed by atoms with Crippen molar-refractivity contribution in [3.05, 3.63) is 29.3 Å². The average molecular weight is 363 g/mol. The second kappa shape index (κ2) is 11.0. The van der Waals surface area contributed by atoms with E-state index in [1.165, 1.54) is 18.4 Å². The predicted octanol–water partition coefficient (Wildman–Crippen LogP) is 2.17. The standard InChI is InChI=1S/C20H34N4O2/c1-5-26-19-13-16(2)8-9-17(19)14-22-20(21-3)23-15-18-7-6-10-24(18)11-12-25-4/h8-9,13,18H,5-7,10-12,14-15H2,1-4H3,(H2,21,22,23). The normalized spacial score (nSPS) is 18.2. The maximum absolute atomic E-state index is 5.76. The Labute approximate surface area is 158 Å². The fraction of sp³-hybridized carbons (Fsp3) is 0.650. The summed E-state index contributed by atoms with van der Waals surface area (Å²) in [7, 11) is 3.57. The van der Waals surface area contributed by atoms with Crippen molar-refractivity contribution in [3.63, 3.8) is 0 Å². The van der Waals surface area contributed by atoms with Crippen LogP contribution in [0.3, 0.4) is 0 Å². The van der Waals surface area contributed by atoms with E-state index >= 15 is 0 Å². The quantitative estimate of drug-likeness (QED) is 0.521. The molecule has 0 radical (unpaired) electrons. The lowest BCUT2D eigenvalue weighted by Gasteiger charge is -2.25. The molecule has 1 aliphatic rings. The van der Waals surface area contributed by atoms with Crippen LogP contribution in [0, 0.1) is 6.92 Å². The average Bonchev–Trinajstić information content (AvgIpc) is 3.09. The number of hydrogen-bond acceptors (Lipinski definition) is 4. The Bertz CT molecular complexity index is 577. The Kier molecular flexibility index (Phi) is 8.71. The number of hydrogen-bond donors (Lipinski definition) is 2. The lowest BCUT2D eigenvalue weighted by Crippen LogP contribution is -2.45. The third-order valence-electron chi connectivity index (χ3n) is 4.78. The highest BCUT2D eigenvalue weighted by molar-refractivity contribution is 5.79. The van der Waals surface area contributed by atoms with Crippen LogP contribution in [0.25, 0.3) is 0 Å². The molecule has 2 N–H and O–H groups in total. The molecule has 1 aliphatic heterocycles. The van der Waals surface area contributed by atoms with Gasteiger partial charge in [-0.05, 0) is 44.9 Å². The maximum Gasteiger partial charge on any atom is 0.191 e. The van der Waals surface area contributed by atoms with Gasteiger partial charge in [-0.1, -0.05) is 12.1 Å². The molecular weight excluding hydrogens is 328 g/mol. The van der Waals surface area contributed by atoms with Crippen LogP contribution in [-0.2, 0) is 11.3 Å². The fourth-order valence-corrected chi connectivity index (χ4v) is 3.34. The van der Waals surface area contributed by atoms with Gasteiger partial charge in [0.15, 0.2) is 5.96 Å². The Hall–Kier alpha value is -1.79. The molecule has 1 unspecified atom stereocenters. The highest BCUT2D eigenvalue weighted by atomic mass is 16.5. The zero-order valence-corrected chi connectivity index (χ0v) is 16.7. The highest BCUT2D eigenvalue weighted by Gasteiger charge is 2.23. The topological polar surface area (TPSA) is 58.1 Å². The van der Waals surface area contributed by atoms with E-state index in [1.54, 1.807) is 7.11 Å². The lowest BCUT2D eigenvalue weighted by atomic mass is 10.1. The minimum Gasteiger partial charge on any atom is -0.494 e. The molecule has 1 aromatic rings. The van der Waals surface area contributed by atoms with Gasteiger partial charge >= 0.3 is 0 Å². The number of methoxy groups -OCH3 is 1. The van der Waals surface area contributed by atoms with Crippen molar-refractivity contribution in [2.45, 2.75) is 39.3 Å². The zero-order chi connectivity index (χ0) is 18.8. The smallest absolute Gasteiger partial charge is 0.191 e. The number of nitrogens with zero attached hydrogens (tertiary/aromatic N) is 2. The van der Waals surface area contributed by atoms with E-state index in [0.29, 0.717) is 19.2 Å². The van der Waals surface area contributed by atoms with Gasteiger partial charge in [0.1, 0.15) is 5.75 Å². The summed E-state index contributed by atoms with van der Waals surface area (Å²) < 4.78 is 11.0. The summed E-state index contributed by atoms with van der Waals surface area (Å²) in [6.07, 6.45) is 2.48. The predicted molar refractivity (Wildman–Crippen MR) is 107 cm³/mol. The van der Waals surface area contributed by atoms with Crippen molar-refractivity contribution in [3.8, 4) is 5.75 Å². The summed E-state index contributed by atoms with van der Waals surface area (Å²) in [5.74, 6) is 1.77. The van der Waals surface area contributed by atoms with E-state index < -0.39 is 0 Å². The van der Waals surface area contributed by atoms with Gasteiger partial charge in [0.25, 0.3) is 0 Å². The van der Waals surface area contributed by atoms with Crippen molar-refractivity contribution in [2.24, 2.45) is 4.99 Å². The Morgan fingerprint density at radius 3 is 2.92 bits per heavy atom. The van der Waals surface area contributed by atoms with Gasteiger partial charge in [0.05, 0.1) is 13.2 Å². The third-order valence-corrected chi connectivity index (χ3v) is 4.78. The molecule has 0 aromatic heterocycles. The monoisotopic (exact) mass is 362 g/mol. The van der Waals surface area contributed by atoms with Gasteiger partial charge in [-0.25, -0.2) is 0 Å². The number of rotatable bonds is 9. The van der Waals surface area contributed by atoms with Crippen LogP contribution in [0.15, 0.2) is 23.2 Å². The van der Waals surface area contributed by atoms with Gasteiger partial charge in [-0.2, -0.15) is 0 Å². The molecule has 0 saturated carbocycles. The summed E-state index contributed by atoms with van der Waals surface area (Å²) in [4.78, 5) is 6.85. The summed E-state index contributed by atoms with van der Waals surface area (Å²) >= 11 is 0. The second-order valence-corrected chi connectivity index (χ2v) is 6.68. The molecule has 26 heavy (non-hydrogen) atoms. The van der Waals surface area contributed by atoms with E-state index in [9.17, 15) is 0 Å². The summed E-state index contributed by atoms with van der Waals surface area (Å²) in [5.41, 5.74) is 2.35. The molecule has 1 atom stereocenters. The molecule has 2 rings (SSSR count). The van der Waals surface area contributed by atoms with Gasteiger partial charge < -0.3 is 20.1 Å². The molecule has 1 fully saturated rings. The van der Waals surface area contributed by atoms with Crippen LogP contribution < -0.4 is 15.4 Å². The minimum atomic E-state index is 0.544. The van der Waals surface area contributed by atoms with Gasteiger partial charge in [0.2, 0.25) is 0 Å². The van der Waals surface area contributed by atoms with Crippen LogP contribution in [0.2, 0.25) is 0 Å². The van der Waals surface area contributed by atoms with E-state index in [4.69, 9.17) is 9.47 Å². The molecule has 0 spiro atoms. The summed E-state index contributed by atoms with van der Waals surface area (Å²) in [6, 6.07) is 6.86.